The van der Waals surface area contributed by atoms with Crippen LogP contribution < -0.4 is 5.32 Å². The van der Waals surface area contributed by atoms with Crippen LogP contribution in [0.3, 0.4) is 0 Å². The average Bonchev–Trinajstić information content (AvgIpc) is 2.54. The van der Waals surface area contributed by atoms with Crippen molar-refractivity contribution in [3.63, 3.8) is 0 Å². The largest absolute Gasteiger partial charge is 0.307 e. The lowest BCUT2D eigenvalue weighted by Crippen LogP contribution is -2.42. The van der Waals surface area contributed by atoms with E-state index in [1.807, 2.05) is 6.20 Å². The summed E-state index contributed by atoms with van der Waals surface area (Å²) in [6.45, 7) is 7.92. The Labute approximate surface area is 128 Å². The second-order valence-electron chi connectivity index (χ2n) is 5.69. The molecule has 0 spiro atoms. The van der Waals surface area contributed by atoms with Crippen LogP contribution in [-0.4, -0.2) is 24.6 Å². The first-order valence-corrected chi connectivity index (χ1v) is 7.48. The summed E-state index contributed by atoms with van der Waals surface area (Å²) in [6, 6.07) is 21.1. The van der Waals surface area contributed by atoms with Gasteiger partial charge in [0.25, 0.3) is 0 Å². The van der Waals surface area contributed by atoms with Gasteiger partial charge < -0.3 is 5.32 Å². The van der Waals surface area contributed by atoms with E-state index in [0.717, 1.165) is 30.7 Å². The Kier molecular flexibility index (Phi) is 5.73. The van der Waals surface area contributed by atoms with Gasteiger partial charge in [-0.25, -0.2) is 0 Å². The summed E-state index contributed by atoms with van der Waals surface area (Å²) in [5.74, 6) is 0. The predicted molar refractivity (Wildman–Crippen MR) is 89.5 cm³/mol. The van der Waals surface area contributed by atoms with Gasteiger partial charge in [0.05, 0.1) is 19.8 Å². The molecule has 0 amide bonds. The van der Waals surface area contributed by atoms with Crippen LogP contribution in [-0.2, 0) is 13.1 Å². The zero-order chi connectivity index (χ0) is 15.0. The third-order valence-electron chi connectivity index (χ3n) is 3.80. The fourth-order valence-corrected chi connectivity index (χ4v) is 2.40. The Morgan fingerprint density at radius 2 is 1.52 bits per heavy atom. The van der Waals surface area contributed by atoms with Gasteiger partial charge >= 0.3 is 0 Å². The van der Waals surface area contributed by atoms with E-state index < -0.39 is 0 Å². The molecule has 110 valence electrons. The van der Waals surface area contributed by atoms with Crippen molar-refractivity contribution in [3.05, 3.63) is 84.6 Å². The molecule has 0 aromatic heterocycles. The Morgan fingerprint density at radius 3 is 2.10 bits per heavy atom. The third kappa shape index (κ3) is 5.18. The van der Waals surface area contributed by atoms with Crippen LogP contribution in [0.25, 0.3) is 0 Å². The van der Waals surface area contributed by atoms with Crippen molar-refractivity contribution in [2.24, 2.45) is 0 Å². The topological polar surface area (TPSA) is 12.0 Å². The molecular weight excluding hydrogens is 256 g/mol. The van der Waals surface area contributed by atoms with Crippen LogP contribution in [0, 0.1) is 0 Å². The molecular formula is C19H25N2+. The van der Waals surface area contributed by atoms with Crippen molar-refractivity contribution in [2.75, 3.05) is 20.1 Å². The second kappa shape index (κ2) is 7.77. The van der Waals surface area contributed by atoms with Crippen molar-refractivity contribution in [1.29, 1.82) is 0 Å². The number of rotatable bonds is 8. The highest BCUT2D eigenvalue weighted by Gasteiger charge is 2.17. The molecule has 0 aliphatic heterocycles. The van der Waals surface area contributed by atoms with Crippen LogP contribution in [0.15, 0.2) is 73.4 Å². The number of benzene rings is 2. The van der Waals surface area contributed by atoms with E-state index in [2.05, 4.69) is 79.6 Å². The molecule has 0 fully saturated rings. The van der Waals surface area contributed by atoms with Gasteiger partial charge in [0.2, 0.25) is 0 Å². The molecule has 2 nitrogen and oxygen atoms in total. The lowest BCUT2D eigenvalue weighted by molar-refractivity contribution is -0.871. The van der Waals surface area contributed by atoms with Crippen molar-refractivity contribution in [2.45, 2.75) is 13.1 Å². The van der Waals surface area contributed by atoms with Crippen molar-refractivity contribution in [3.8, 4) is 0 Å². The Balaban J connectivity index is 1.80. The molecule has 0 saturated heterocycles. The maximum Gasteiger partial charge on any atom is 0.108 e. The number of nitrogens with zero attached hydrogens (tertiary/aromatic N) is 1. The minimum atomic E-state index is 0.839. The van der Waals surface area contributed by atoms with Gasteiger partial charge in [-0.3, -0.25) is 4.48 Å². The number of quaternary nitrogens is 1. The molecule has 1 unspecified atom stereocenters. The van der Waals surface area contributed by atoms with Crippen LogP contribution in [0.2, 0.25) is 0 Å². The minimum Gasteiger partial charge on any atom is -0.307 e. The van der Waals surface area contributed by atoms with E-state index in [1.165, 1.54) is 11.1 Å². The fraction of sp³-hybridized carbons (Fsp3) is 0.263. The van der Waals surface area contributed by atoms with Crippen LogP contribution in [0.4, 0.5) is 0 Å². The van der Waals surface area contributed by atoms with E-state index in [0.29, 0.717) is 0 Å². The monoisotopic (exact) mass is 281 g/mol. The normalized spacial score (nSPS) is 13.6. The summed E-state index contributed by atoms with van der Waals surface area (Å²) in [4.78, 5) is 0. The highest BCUT2D eigenvalue weighted by atomic mass is 15.3. The van der Waals surface area contributed by atoms with Crippen molar-refractivity contribution < 1.29 is 4.48 Å². The standard InChI is InChI=1S/C19H25N2/c1-3-21(2,17-19-12-8-5-9-13-19)15-14-20-16-18-10-6-4-7-11-18/h3-13,20H,1,14-17H2,2H3/q+1. The molecule has 0 heterocycles. The fourth-order valence-electron chi connectivity index (χ4n) is 2.40. The molecule has 2 aromatic rings. The summed E-state index contributed by atoms with van der Waals surface area (Å²) in [5, 5.41) is 3.51. The number of hydrogen-bond acceptors (Lipinski definition) is 1. The quantitative estimate of drug-likeness (QED) is 0.576. The first-order chi connectivity index (χ1) is 10.2. The minimum absolute atomic E-state index is 0.839. The summed E-state index contributed by atoms with van der Waals surface area (Å²) < 4.78 is 0.839. The van der Waals surface area contributed by atoms with E-state index in [1.54, 1.807) is 0 Å². The van der Waals surface area contributed by atoms with Crippen LogP contribution >= 0.6 is 0 Å². The van der Waals surface area contributed by atoms with Gasteiger partial charge in [-0.15, -0.1) is 0 Å². The summed E-state index contributed by atoms with van der Waals surface area (Å²) in [5.41, 5.74) is 2.68. The molecule has 0 aliphatic carbocycles. The Hall–Kier alpha value is -1.90. The van der Waals surface area contributed by atoms with Gasteiger partial charge in [0.1, 0.15) is 6.54 Å². The number of hydrogen-bond donors (Lipinski definition) is 1. The third-order valence-corrected chi connectivity index (χ3v) is 3.80. The summed E-state index contributed by atoms with van der Waals surface area (Å²) >= 11 is 0. The van der Waals surface area contributed by atoms with Gasteiger partial charge in [-0.05, 0) is 12.1 Å². The maximum atomic E-state index is 4.01. The predicted octanol–water partition coefficient (Wildman–Crippen LogP) is 3.57. The molecule has 21 heavy (non-hydrogen) atoms. The van der Waals surface area contributed by atoms with E-state index in [4.69, 9.17) is 0 Å². The molecule has 0 bridgehead atoms. The van der Waals surface area contributed by atoms with E-state index in [9.17, 15) is 0 Å². The molecule has 2 heteroatoms. The zero-order valence-corrected chi connectivity index (χ0v) is 12.8. The Morgan fingerprint density at radius 1 is 0.952 bits per heavy atom. The van der Waals surface area contributed by atoms with Gasteiger partial charge in [-0.2, -0.15) is 0 Å². The van der Waals surface area contributed by atoms with Crippen LogP contribution in [0.5, 0.6) is 0 Å². The first-order valence-electron chi connectivity index (χ1n) is 7.48. The molecule has 2 aromatic carbocycles. The maximum absolute atomic E-state index is 4.01. The zero-order valence-electron chi connectivity index (χ0n) is 12.8. The lowest BCUT2D eigenvalue weighted by atomic mass is 10.2. The summed E-state index contributed by atoms with van der Waals surface area (Å²) in [7, 11) is 2.23. The SMILES string of the molecule is C=C[N+](C)(CCNCc1ccccc1)Cc1ccccc1. The lowest BCUT2D eigenvalue weighted by Gasteiger charge is -2.30. The average molecular weight is 281 g/mol. The molecule has 0 saturated carbocycles. The van der Waals surface area contributed by atoms with Gasteiger partial charge in [0, 0.05) is 18.7 Å². The van der Waals surface area contributed by atoms with Crippen LogP contribution in [0.1, 0.15) is 11.1 Å². The smallest absolute Gasteiger partial charge is 0.108 e. The molecule has 2 rings (SSSR count). The first kappa shape index (κ1) is 15.5. The highest BCUT2D eigenvalue weighted by Crippen LogP contribution is 2.11. The van der Waals surface area contributed by atoms with Crippen molar-refractivity contribution >= 4 is 0 Å². The number of nitrogens with one attached hydrogen (secondary N) is 1. The number of likely N-dealkylation sites (N-methyl/N-ethyl adjacent to an activating group) is 1. The van der Waals surface area contributed by atoms with Gasteiger partial charge in [-0.1, -0.05) is 60.7 Å². The van der Waals surface area contributed by atoms with Crippen molar-refractivity contribution in [1.82, 2.24) is 5.32 Å². The molecule has 1 N–H and O–H groups in total. The molecule has 1 atom stereocenters. The summed E-state index contributed by atoms with van der Waals surface area (Å²) in [6.07, 6.45) is 2.04. The van der Waals surface area contributed by atoms with E-state index >= 15 is 0 Å². The molecule has 0 radical (unpaired) electrons. The molecule has 0 aliphatic rings. The Bertz CT molecular complexity index is 536. The second-order valence-corrected chi connectivity index (χ2v) is 5.69. The van der Waals surface area contributed by atoms with E-state index in [-0.39, 0.29) is 0 Å². The van der Waals surface area contributed by atoms with Gasteiger partial charge in [0.15, 0.2) is 0 Å². The highest BCUT2D eigenvalue weighted by molar-refractivity contribution is 5.14.